The van der Waals surface area contributed by atoms with Crippen LogP contribution >= 0.6 is 0 Å². The summed E-state index contributed by atoms with van der Waals surface area (Å²) >= 11 is 0. The Morgan fingerprint density at radius 2 is 1.30 bits per heavy atom. The summed E-state index contributed by atoms with van der Waals surface area (Å²) in [6.07, 6.45) is 7.59. The minimum Gasteiger partial charge on any atom is -0.340 e. The van der Waals surface area contributed by atoms with E-state index in [1.165, 1.54) is 53.9 Å². The molecule has 0 N–H and O–H groups in total. The van der Waals surface area contributed by atoms with Crippen molar-refractivity contribution in [1.82, 2.24) is 4.57 Å². The Balaban J connectivity index is 1.57. The van der Waals surface area contributed by atoms with E-state index in [-0.39, 0.29) is 10.6 Å². The molecule has 0 spiro atoms. The van der Waals surface area contributed by atoms with Crippen molar-refractivity contribution in [3.05, 3.63) is 107 Å². The van der Waals surface area contributed by atoms with Crippen molar-refractivity contribution < 1.29 is 4.92 Å². The summed E-state index contributed by atoms with van der Waals surface area (Å²) in [5.74, 6) is 0. The van der Waals surface area contributed by atoms with Crippen molar-refractivity contribution in [2.45, 2.75) is 52.0 Å². The van der Waals surface area contributed by atoms with Crippen LogP contribution in [0.15, 0.2) is 97.1 Å². The summed E-state index contributed by atoms with van der Waals surface area (Å²) in [6.45, 7) is 3.24. The molecule has 37 heavy (non-hydrogen) atoms. The fourth-order valence-electron chi connectivity index (χ4n) is 5.22. The number of aromatic nitrogens is 1. The molecule has 5 nitrogen and oxygen atoms in total. The molecule has 4 aromatic carbocycles. The Hall–Kier alpha value is -4.12. The molecule has 0 aliphatic heterocycles. The van der Waals surface area contributed by atoms with Gasteiger partial charge in [-0.05, 0) is 48.9 Å². The van der Waals surface area contributed by atoms with Gasteiger partial charge in [0.1, 0.15) is 0 Å². The van der Waals surface area contributed by atoms with Gasteiger partial charge in [-0.1, -0.05) is 81.5 Å². The molecule has 0 unspecified atom stereocenters. The lowest BCUT2D eigenvalue weighted by Gasteiger charge is -2.25. The van der Waals surface area contributed by atoms with Gasteiger partial charge in [0.25, 0.3) is 5.69 Å². The van der Waals surface area contributed by atoms with Crippen molar-refractivity contribution >= 4 is 44.6 Å². The van der Waals surface area contributed by atoms with Gasteiger partial charge in [-0.15, -0.1) is 0 Å². The fourth-order valence-corrected chi connectivity index (χ4v) is 5.22. The average Bonchev–Trinajstić information content (AvgIpc) is 3.24. The van der Waals surface area contributed by atoms with Crippen LogP contribution < -0.4 is 4.90 Å². The molecule has 0 saturated carbocycles. The van der Waals surface area contributed by atoms with Gasteiger partial charge in [-0.25, -0.2) is 0 Å². The number of fused-ring (bicyclic) bond motifs is 3. The smallest absolute Gasteiger partial charge is 0.269 e. The molecule has 0 aliphatic rings. The van der Waals surface area contributed by atoms with Crippen molar-refractivity contribution in [1.29, 1.82) is 0 Å². The van der Waals surface area contributed by atoms with Crippen LogP contribution in [0, 0.1) is 10.1 Å². The lowest BCUT2D eigenvalue weighted by molar-refractivity contribution is -0.384. The highest BCUT2D eigenvalue weighted by atomic mass is 16.6. The Labute approximate surface area is 218 Å². The topological polar surface area (TPSA) is 51.3 Å². The third-order valence-electron chi connectivity index (χ3n) is 7.08. The number of anilines is 3. The summed E-state index contributed by atoms with van der Waals surface area (Å²) in [5.41, 5.74) is 5.50. The third-order valence-corrected chi connectivity index (χ3v) is 7.08. The molecule has 5 rings (SSSR count). The van der Waals surface area contributed by atoms with Crippen LogP contribution in [0.4, 0.5) is 22.7 Å². The van der Waals surface area contributed by atoms with Crippen molar-refractivity contribution in [3.63, 3.8) is 0 Å². The second-order valence-electron chi connectivity index (χ2n) is 9.58. The molecule has 0 bridgehead atoms. The average molecular weight is 492 g/mol. The van der Waals surface area contributed by atoms with Gasteiger partial charge < -0.3 is 9.47 Å². The van der Waals surface area contributed by atoms with E-state index >= 15 is 0 Å². The first-order valence-corrected chi connectivity index (χ1v) is 13.3. The summed E-state index contributed by atoms with van der Waals surface area (Å²) < 4.78 is 2.47. The molecule has 0 radical (unpaired) electrons. The van der Waals surface area contributed by atoms with Crippen LogP contribution in [-0.2, 0) is 6.54 Å². The first kappa shape index (κ1) is 24.6. The minimum absolute atomic E-state index is 0.0891. The summed E-state index contributed by atoms with van der Waals surface area (Å²) in [6, 6.07) is 32.2. The first-order valence-electron chi connectivity index (χ1n) is 13.3. The fraction of sp³-hybridized carbons (Fsp3) is 0.250. The Kier molecular flexibility index (Phi) is 7.50. The second-order valence-corrected chi connectivity index (χ2v) is 9.58. The maximum atomic E-state index is 11.2. The van der Waals surface area contributed by atoms with Crippen LogP contribution in [0.3, 0.4) is 0 Å². The lowest BCUT2D eigenvalue weighted by atomic mass is 10.1. The molecule has 5 aromatic rings. The molecule has 0 saturated heterocycles. The van der Waals surface area contributed by atoms with Crippen molar-refractivity contribution in [3.8, 4) is 0 Å². The third kappa shape index (κ3) is 5.21. The number of benzene rings is 4. The maximum Gasteiger partial charge on any atom is 0.269 e. The second kappa shape index (κ2) is 11.3. The number of non-ortho nitro benzene ring substituents is 1. The first-order chi connectivity index (χ1) is 18.2. The predicted molar refractivity (Wildman–Crippen MR) is 154 cm³/mol. The van der Waals surface area contributed by atoms with E-state index in [4.69, 9.17) is 0 Å². The molecular weight excluding hydrogens is 458 g/mol. The highest BCUT2D eigenvalue weighted by Gasteiger charge is 2.17. The van der Waals surface area contributed by atoms with Gasteiger partial charge in [-0.3, -0.25) is 10.1 Å². The van der Waals surface area contributed by atoms with Gasteiger partial charge in [0, 0.05) is 52.0 Å². The van der Waals surface area contributed by atoms with E-state index < -0.39 is 0 Å². The van der Waals surface area contributed by atoms with Crippen LogP contribution in [0.2, 0.25) is 0 Å². The number of hydrogen-bond acceptors (Lipinski definition) is 3. The molecule has 0 aliphatic carbocycles. The molecular formula is C32H33N3O2. The van der Waals surface area contributed by atoms with Crippen LogP contribution in [0.1, 0.15) is 45.4 Å². The number of unbranched alkanes of at least 4 members (excludes halogenated alkanes) is 5. The highest BCUT2D eigenvalue weighted by Crippen LogP contribution is 2.39. The van der Waals surface area contributed by atoms with Gasteiger partial charge >= 0.3 is 0 Å². The lowest BCUT2D eigenvalue weighted by Crippen LogP contribution is -2.10. The van der Waals surface area contributed by atoms with E-state index in [1.54, 1.807) is 12.1 Å². The van der Waals surface area contributed by atoms with E-state index in [1.807, 2.05) is 30.3 Å². The molecule has 1 heterocycles. The Morgan fingerprint density at radius 3 is 2.05 bits per heavy atom. The number of para-hydroxylation sites is 2. The highest BCUT2D eigenvalue weighted by molar-refractivity contribution is 6.09. The zero-order chi connectivity index (χ0) is 25.6. The number of rotatable bonds is 11. The van der Waals surface area contributed by atoms with Gasteiger partial charge in [0.2, 0.25) is 0 Å². The summed E-state index contributed by atoms with van der Waals surface area (Å²) in [4.78, 5) is 13.0. The van der Waals surface area contributed by atoms with E-state index in [0.29, 0.717) is 0 Å². The Bertz CT molecular complexity index is 1490. The number of aryl methyl sites for hydroxylation is 1. The SMILES string of the molecule is CCCCCCCCn1c2ccccc2c2ccc(N(c3ccccc3)c3ccc([N+](=O)[O-])cc3)cc21. The van der Waals surface area contributed by atoms with Crippen molar-refractivity contribution in [2.24, 2.45) is 0 Å². The molecule has 5 heteroatoms. The monoisotopic (exact) mass is 491 g/mol. The molecule has 0 atom stereocenters. The van der Waals surface area contributed by atoms with Crippen LogP contribution in [-0.4, -0.2) is 9.49 Å². The van der Waals surface area contributed by atoms with E-state index in [2.05, 4.69) is 71.0 Å². The summed E-state index contributed by atoms with van der Waals surface area (Å²) in [5, 5.41) is 13.8. The standard InChI is InChI=1S/C32H33N3O2/c1-2-3-4-5-6-12-23-33-31-16-11-10-15-29(31)30-22-21-28(24-32(30)33)34(25-13-8-7-9-14-25)26-17-19-27(20-18-26)35(36)37/h7-11,13-22,24H,2-6,12,23H2,1H3. The van der Waals surface area contributed by atoms with Crippen LogP contribution in [0.5, 0.6) is 0 Å². The van der Waals surface area contributed by atoms with Gasteiger partial charge in [0.05, 0.1) is 10.4 Å². The zero-order valence-corrected chi connectivity index (χ0v) is 21.3. The zero-order valence-electron chi connectivity index (χ0n) is 21.3. The largest absolute Gasteiger partial charge is 0.340 e. The van der Waals surface area contributed by atoms with E-state index in [9.17, 15) is 10.1 Å². The van der Waals surface area contributed by atoms with Gasteiger partial charge in [-0.2, -0.15) is 0 Å². The quantitative estimate of drug-likeness (QED) is 0.105. The molecule has 0 amide bonds. The normalized spacial score (nSPS) is 11.3. The van der Waals surface area contributed by atoms with Crippen molar-refractivity contribution in [2.75, 3.05) is 4.90 Å². The molecule has 0 fully saturated rings. The predicted octanol–water partition coefficient (Wildman–Crippen LogP) is 9.53. The maximum absolute atomic E-state index is 11.2. The van der Waals surface area contributed by atoms with Gasteiger partial charge in [0.15, 0.2) is 0 Å². The molecule has 188 valence electrons. The molecule has 1 aromatic heterocycles. The van der Waals surface area contributed by atoms with Crippen LogP contribution in [0.25, 0.3) is 21.8 Å². The number of hydrogen-bond donors (Lipinski definition) is 0. The number of nitrogens with zero attached hydrogens (tertiary/aromatic N) is 3. The summed E-state index contributed by atoms with van der Waals surface area (Å²) in [7, 11) is 0. The number of nitro groups is 1. The van der Waals surface area contributed by atoms with E-state index in [0.717, 1.165) is 30.0 Å². The Morgan fingerprint density at radius 1 is 0.676 bits per heavy atom. The number of nitro benzene ring substituents is 1. The minimum atomic E-state index is -0.358.